The zero-order valence-corrected chi connectivity index (χ0v) is 23.6. The minimum atomic E-state index is -0.974. The Morgan fingerprint density at radius 2 is 1.15 bits per heavy atom. The van der Waals surface area contributed by atoms with Gasteiger partial charge in [0, 0.05) is 44.9 Å². The lowest BCUT2D eigenvalue weighted by atomic mass is 10.2. The molecule has 0 bridgehead atoms. The number of aromatic nitrogens is 4. The predicted molar refractivity (Wildman–Crippen MR) is 155 cm³/mol. The highest BCUT2D eigenvalue weighted by molar-refractivity contribution is 9.10. The number of halogens is 2. The standard InChI is InChI=1S/C15H11BrN2O2.C14H9BrN2O2/c1-20-15(19)12-3-2-8-18-9-13(17-14(12)18)10-4-6-11(16)7-5-10;15-10-5-3-9(4-6-10)12-8-17-7-1-2-11(14(18)19)13(17)16-12/h2-9H,1H3;1-8H,(H,18,19). The maximum Gasteiger partial charge on any atom is 0.341 e. The summed E-state index contributed by atoms with van der Waals surface area (Å²) in [5.41, 5.74) is 5.21. The van der Waals surface area contributed by atoms with Gasteiger partial charge in [-0.1, -0.05) is 56.1 Å². The number of methoxy groups -OCH3 is 1. The molecule has 0 saturated carbocycles. The van der Waals surface area contributed by atoms with E-state index in [0.29, 0.717) is 16.9 Å². The smallest absolute Gasteiger partial charge is 0.341 e. The van der Waals surface area contributed by atoms with E-state index in [2.05, 4.69) is 41.8 Å². The molecule has 39 heavy (non-hydrogen) atoms. The van der Waals surface area contributed by atoms with Crippen molar-refractivity contribution in [1.29, 1.82) is 0 Å². The number of carboxylic acids is 1. The van der Waals surface area contributed by atoms with Crippen molar-refractivity contribution in [3.63, 3.8) is 0 Å². The van der Waals surface area contributed by atoms with Crippen LogP contribution in [0.3, 0.4) is 0 Å². The predicted octanol–water partition coefficient (Wildman–Crippen LogP) is 7.01. The molecule has 10 heteroatoms. The van der Waals surface area contributed by atoms with Crippen molar-refractivity contribution < 1.29 is 19.4 Å². The molecule has 0 spiro atoms. The lowest BCUT2D eigenvalue weighted by Gasteiger charge is -2.00. The maximum absolute atomic E-state index is 11.7. The van der Waals surface area contributed by atoms with Gasteiger partial charge in [-0.25, -0.2) is 19.6 Å². The fourth-order valence-corrected chi connectivity index (χ4v) is 4.51. The fraction of sp³-hybridized carbons (Fsp3) is 0.0345. The highest BCUT2D eigenvalue weighted by Crippen LogP contribution is 2.24. The van der Waals surface area contributed by atoms with Crippen LogP contribution in [0.15, 0.2) is 107 Å². The molecule has 8 nitrogen and oxygen atoms in total. The summed E-state index contributed by atoms with van der Waals surface area (Å²) in [4.78, 5) is 31.8. The number of nitrogens with zero attached hydrogens (tertiary/aromatic N) is 4. The molecular weight excluding hydrogens is 628 g/mol. The molecule has 0 atom stereocenters. The zero-order valence-electron chi connectivity index (χ0n) is 20.5. The van der Waals surface area contributed by atoms with Crippen LogP contribution in [-0.2, 0) is 4.74 Å². The number of ether oxygens (including phenoxy) is 1. The van der Waals surface area contributed by atoms with Crippen molar-refractivity contribution in [3.8, 4) is 22.5 Å². The van der Waals surface area contributed by atoms with Gasteiger partial charge in [-0.05, 0) is 48.5 Å². The van der Waals surface area contributed by atoms with E-state index in [1.807, 2.05) is 71.5 Å². The minimum absolute atomic E-state index is 0.200. The summed E-state index contributed by atoms with van der Waals surface area (Å²) < 4.78 is 10.3. The fourth-order valence-electron chi connectivity index (χ4n) is 3.98. The molecule has 0 fully saturated rings. The first kappa shape index (κ1) is 26.3. The zero-order chi connectivity index (χ0) is 27.5. The van der Waals surface area contributed by atoms with E-state index in [1.165, 1.54) is 7.11 Å². The molecule has 6 rings (SSSR count). The first-order valence-electron chi connectivity index (χ1n) is 11.6. The maximum atomic E-state index is 11.7. The van der Waals surface area contributed by atoms with Gasteiger partial charge in [-0.3, -0.25) is 0 Å². The SMILES string of the molecule is COC(=O)c1cccn2cc(-c3ccc(Br)cc3)nc12.O=C(O)c1cccn2cc(-c3ccc(Br)cc3)nc12. The third-order valence-corrected chi connectivity index (χ3v) is 6.94. The monoisotopic (exact) mass is 646 g/mol. The van der Waals surface area contributed by atoms with Crippen LogP contribution >= 0.6 is 31.9 Å². The first-order valence-corrected chi connectivity index (χ1v) is 13.2. The van der Waals surface area contributed by atoms with Gasteiger partial charge in [0.05, 0.1) is 18.5 Å². The number of pyridine rings is 2. The molecule has 1 N–H and O–H groups in total. The van der Waals surface area contributed by atoms with Gasteiger partial charge < -0.3 is 18.6 Å². The van der Waals surface area contributed by atoms with Crippen LogP contribution in [-0.4, -0.2) is 42.9 Å². The van der Waals surface area contributed by atoms with Crippen LogP contribution in [0.5, 0.6) is 0 Å². The van der Waals surface area contributed by atoms with Gasteiger partial charge in [0.2, 0.25) is 0 Å². The lowest BCUT2D eigenvalue weighted by molar-refractivity contribution is 0.0601. The number of hydrogen-bond donors (Lipinski definition) is 1. The van der Waals surface area contributed by atoms with Crippen molar-refractivity contribution in [2.24, 2.45) is 0 Å². The number of benzene rings is 2. The minimum Gasteiger partial charge on any atom is -0.478 e. The summed E-state index contributed by atoms with van der Waals surface area (Å²) in [6.45, 7) is 0. The summed E-state index contributed by atoms with van der Waals surface area (Å²) in [6, 6.07) is 22.4. The van der Waals surface area contributed by atoms with E-state index in [-0.39, 0.29) is 11.5 Å². The van der Waals surface area contributed by atoms with E-state index in [0.717, 1.165) is 31.5 Å². The Balaban J connectivity index is 0.000000158. The average Bonchev–Trinajstić information content (AvgIpc) is 3.58. The van der Waals surface area contributed by atoms with Crippen LogP contribution < -0.4 is 0 Å². The summed E-state index contributed by atoms with van der Waals surface area (Å²) in [5.74, 6) is -1.36. The molecule has 0 aliphatic rings. The first-order chi connectivity index (χ1) is 18.8. The van der Waals surface area contributed by atoms with Crippen LogP contribution in [0.2, 0.25) is 0 Å². The molecule has 4 aromatic heterocycles. The summed E-state index contributed by atoms with van der Waals surface area (Å²) >= 11 is 6.79. The Hall–Kier alpha value is -4.28. The van der Waals surface area contributed by atoms with Gasteiger partial charge in [0.1, 0.15) is 11.1 Å². The third kappa shape index (κ3) is 5.62. The molecule has 194 valence electrons. The van der Waals surface area contributed by atoms with E-state index in [4.69, 9.17) is 9.84 Å². The highest BCUT2D eigenvalue weighted by Gasteiger charge is 2.14. The summed E-state index contributed by atoms with van der Waals surface area (Å²) in [5, 5.41) is 9.14. The van der Waals surface area contributed by atoms with E-state index in [1.54, 1.807) is 34.9 Å². The number of carboxylic acid groups (broad SMARTS) is 1. The third-order valence-electron chi connectivity index (χ3n) is 5.88. The Morgan fingerprint density at radius 3 is 1.59 bits per heavy atom. The average molecular weight is 648 g/mol. The van der Waals surface area contributed by atoms with Crippen LogP contribution in [0.1, 0.15) is 20.7 Å². The number of imidazole rings is 2. The van der Waals surface area contributed by atoms with E-state index < -0.39 is 5.97 Å². The molecule has 0 aliphatic carbocycles. The molecular formula is C29H20Br2N4O4. The number of esters is 1. The molecule has 2 aromatic carbocycles. The number of fused-ring (bicyclic) bond motifs is 2. The van der Waals surface area contributed by atoms with Crippen molar-refractivity contribution in [1.82, 2.24) is 18.8 Å². The van der Waals surface area contributed by atoms with Crippen molar-refractivity contribution in [2.45, 2.75) is 0 Å². The second-order valence-corrected chi connectivity index (χ2v) is 10.2. The number of aromatic carboxylic acids is 1. The highest BCUT2D eigenvalue weighted by atomic mass is 79.9. The van der Waals surface area contributed by atoms with Gasteiger partial charge in [0.25, 0.3) is 0 Å². The number of carbonyl (C=O) groups is 2. The second-order valence-electron chi connectivity index (χ2n) is 8.37. The number of rotatable bonds is 4. The summed E-state index contributed by atoms with van der Waals surface area (Å²) in [6.07, 6.45) is 7.37. The van der Waals surface area contributed by atoms with Gasteiger partial charge >= 0.3 is 11.9 Å². The molecule has 0 radical (unpaired) electrons. The molecule has 4 heterocycles. The number of carbonyl (C=O) groups excluding carboxylic acids is 1. The Bertz CT molecular complexity index is 1810. The molecule has 6 aromatic rings. The van der Waals surface area contributed by atoms with Crippen molar-refractivity contribution in [2.75, 3.05) is 7.11 Å². The van der Waals surface area contributed by atoms with Crippen LogP contribution in [0.25, 0.3) is 33.8 Å². The quantitative estimate of drug-likeness (QED) is 0.207. The van der Waals surface area contributed by atoms with Crippen LogP contribution in [0, 0.1) is 0 Å². The van der Waals surface area contributed by atoms with Gasteiger partial charge in [0.15, 0.2) is 11.3 Å². The van der Waals surface area contributed by atoms with Crippen molar-refractivity contribution in [3.05, 3.63) is 118 Å². The normalized spacial score (nSPS) is 10.7. The molecule has 0 saturated heterocycles. The topological polar surface area (TPSA) is 98.2 Å². The molecule has 0 unspecified atom stereocenters. The Labute approximate surface area is 239 Å². The van der Waals surface area contributed by atoms with E-state index in [9.17, 15) is 9.59 Å². The number of hydrogen-bond acceptors (Lipinski definition) is 5. The Kier molecular flexibility index (Phi) is 7.58. The lowest BCUT2D eigenvalue weighted by Crippen LogP contribution is -2.03. The van der Waals surface area contributed by atoms with Gasteiger partial charge in [-0.15, -0.1) is 0 Å². The Morgan fingerprint density at radius 1 is 0.718 bits per heavy atom. The van der Waals surface area contributed by atoms with Crippen LogP contribution in [0.4, 0.5) is 0 Å². The second kappa shape index (κ2) is 11.2. The van der Waals surface area contributed by atoms with Crippen molar-refractivity contribution >= 4 is 55.1 Å². The molecule has 0 amide bonds. The largest absolute Gasteiger partial charge is 0.478 e. The molecule has 0 aliphatic heterocycles. The summed E-state index contributed by atoms with van der Waals surface area (Å²) in [7, 11) is 1.37. The van der Waals surface area contributed by atoms with Gasteiger partial charge in [-0.2, -0.15) is 0 Å². The van der Waals surface area contributed by atoms with E-state index >= 15 is 0 Å².